The Morgan fingerprint density at radius 3 is 2.32 bits per heavy atom. The minimum atomic E-state index is -1.25. The van der Waals surface area contributed by atoms with Gasteiger partial charge in [0.1, 0.15) is 10.6 Å². The lowest BCUT2D eigenvalue weighted by atomic mass is 9.92. The van der Waals surface area contributed by atoms with Gasteiger partial charge < -0.3 is 0 Å². The molecule has 0 spiro atoms. The molecule has 25 heavy (non-hydrogen) atoms. The van der Waals surface area contributed by atoms with Crippen LogP contribution < -0.4 is 0 Å². The van der Waals surface area contributed by atoms with Crippen LogP contribution in [0.15, 0.2) is 28.6 Å². The van der Waals surface area contributed by atoms with Crippen molar-refractivity contribution >= 4 is 33.7 Å². The first-order valence-corrected chi connectivity index (χ1v) is 10.8. The molecular weight excluding hydrogens is 354 g/mol. The topological polar surface area (TPSA) is 64.1 Å². The molecule has 1 aromatic carbocycles. The molecule has 3 rings (SSSR count). The first-order chi connectivity index (χ1) is 12.1. The third-order valence-corrected chi connectivity index (χ3v) is 7.12. The van der Waals surface area contributed by atoms with Crippen LogP contribution in [0.4, 0.5) is 0 Å². The molecule has 0 saturated carbocycles. The Bertz CT molecular complexity index is 773. The molecule has 0 aliphatic heterocycles. The number of fused-ring (bicyclic) bond motifs is 2. The molecule has 4 nitrogen and oxygen atoms in total. The van der Waals surface area contributed by atoms with Crippen LogP contribution in [0.25, 0.3) is 0 Å². The largest absolute Gasteiger partial charge is 0.288 e. The van der Waals surface area contributed by atoms with Gasteiger partial charge in [0.2, 0.25) is 11.6 Å². The predicted molar refractivity (Wildman–Crippen MR) is 100 cm³/mol. The fraction of sp³-hybridized carbons (Fsp3) is 0.421. The van der Waals surface area contributed by atoms with Gasteiger partial charge >= 0.3 is 0 Å². The highest BCUT2D eigenvalue weighted by atomic mass is 32.2. The summed E-state index contributed by atoms with van der Waals surface area (Å²) in [4.78, 5) is 29.7. The summed E-state index contributed by atoms with van der Waals surface area (Å²) >= 11 is 1.11. The minimum Gasteiger partial charge on any atom is -0.288 e. The average molecular weight is 376 g/mol. The molecule has 0 bridgehead atoms. The van der Waals surface area contributed by atoms with E-state index in [9.17, 15) is 13.8 Å². The van der Waals surface area contributed by atoms with Gasteiger partial charge in [0, 0.05) is 16.9 Å². The number of nitrogens with zero attached hydrogens (tertiary/aromatic N) is 1. The number of benzene rings is 1. The summed E-state index contributed by atoms with van der Waals surface area (Å²) in [6.45, 7) is 2.18. The van der Waals surface area contributed by atoms with E-state index in [0.29, 0.717) is 26.1 Å². The van der Waals surface area contributed by atoms with Crippen LogP contribution in [-0.2, 0) is 10.8 Å². The van der Waals surface area contributed by atoms with E-state index in [-0.39, 0.29) is 17.3 Å². The van der Waals surface area contributed by atoms with Crippen LogP contribution in [0.2, 0.25) is 0 Å². The summed E-state index contributed by atoms with van der Waals surface area (Å²) in [6, 6.07) is 6.78. The van der Waals surface area contributed by atoms with Crippen LogP contribution in [0.5, 0.6) is 0 Å². The normalized spacial score (nSPS) is 14.3. The highest BCUT2D eigenvalue weighted by Crippen LogP contribution is 2.32. The summed E-state index contributed by atoms with van der Waals surface area (Å²) in [7, 11) is -1.25. The monoisotopic (exact) mass is 375 g/mol. The van der Waals surface area contributed by atoms with Gasteiger partial charge in [-0.2, -0.15) is 0 Å². The van der Waals surface area contributed by atoms with Crippen LogP contribution in [0, 0.1) is 0 Å². The maximum atomic E-state index is 12.6. The van der Waals surface area contributed by atoms with E-state index in [4.69, 9.17) is 0 Å². The molecule has 0 radical (unpaired) electrons. The zero-order chi connectivity index (χ0) is 17.8. The number of hydrogen-bond donors (Lipinski definition) is 0. The Morgan fingerprint density at radius 1 is 0.960 bits per heavy atom. The second-order valence-electron chi connectivity index (χ2n) is 6.18. The number of carbonyl (C=O) groups excluding carboxylic acids is 2. The minimum absolute atomic E-state index is 0.167. The van der Waals surface area contributed by atoms with Crippen LogP contribution in [0.1, 0.15) is 76.7 Å². The summed E-state index contributed by atoms with van der Waals surface area (Å²) in [5, 5.41) is 0. The van der Waals surface area contributed by atoms with E-state index in [0.717, 1.165) is 30.6 Å². The summed E-state index contributed by atoms with van der Waals surface area (Å²) < 4.78 is 12.9. The van der Waals surface area contributed by atoms with Gasteiger partial charge in [-0.25, -0.2) is 4.98 Å². The van der Waals surface area contributed by atoms with Crippen molar-refractivity contribution in [3.05, 3.63) is 46.0 Å². The van der Waals surface area contributed by atoms with Gasteiger partial charge in [-0.15, -0.1) is 11.3 Å². The van der Waals surface area contributed by atoms with Gasteiger partial charge in [0.15, 0.2) is 4.34 Å². The van der Waals surface area contributed by atoms with Gasteiger partial charge in [-0.3, -0.25) is 13.8 Å². The Labute approximate surface area is 154 Å². The first kappa shape index (κ1) is 18.1. The highest BCUT2D eigenvalue weighted by Gasteiger charge is 2.33. The first-order valence-electron chi connectivity index (χ1n) is 8.71. The number of thiazole rings is 1. The van der Waals surface area contributed by atoms with E-state index in [1.54, 1.807) is 24.3 Å². The van der Waals surface area contributed by atoms with Crippen molar-refractivity contribution in [3.8, 4) is 0 Å². The molecule has 0 fully saturated rings. The standard InChI is InChI=1S/C19H21NO3S2/c1-2-3-4-5-6-9-12-25(23)19-20-15-16(21)13-10-7-8-11-14(13)17(22)18(15)24-19/h7-8,10-11H,2-6,9,12H2,1H3. The Hall–Kier alpha value is -1.66. The molecule has 2 aromatic rings. The Morgan fingerprint density at radius 2 is 1.60 bits per heavy atom. The highest BCUT2D eigenvalue weighted by molar-refractivity contribution is 7.87. The van der Waals surface area contributed by atoms with Crippen molar-refractivity contribution < 1.29 is 13.8 Å². The second kappa shape index (κ2) is 8.15. The number of unbranched alkanes of at least 4 members (excludes halogenated alkanes) is 5. The second-order valence-corrected chi connectivity index (χ2v) is 8.92. The molecular formula is C19H21NO3S2. The third-order valence-electron chi connectivity index (χ3n) is 4.32. The molecule has 1 heterocycles. The molecule has 0 saturated heterocycles. The van der Waals surface area contributed by atoms with Crippen LogP contribution in [0.3, 0.4) is 0 Å². The predicted octanol–water partition coefficient (Wildman–Crippen LogP) is 4.39. The van der Waals surface area contributed by atoms with Gasteiger partial charge in [0.05, 0.1) is 10.8 Å². The van der Waals surface area contributed by atoms with Gasteiger partial charge in [0.25, 0.3) is 0 Å². The fourth-order valence-corrected chi connectivity index (χ4v) is 5.39. The Balaban J connectivity index is 1.69. The van der Waals surface area contributed by atoms with E-state index in [1.807, 2.05) is 0 Å². The third kappa shape index (κ3) is 3.80. The van der Waals surface area contributed by atoms with E-state index in [1.165, 1.54) is 19.3 Å². The zero-order valence-electron chi connectivity index (χ0n) is 14.2. The quantitative estimate of drug-likeness (QED) is 0.548. The van der Waals surface area contributed by atoms with E-state index >= 15 is 0 Å². The molecule has 0 N–H and O–H groups in total. The summed E-state index contributed by atoms with van der Waals surface area (Å²) in [6.07, 6.45) is 6.76. The number of carbonyl (C=O) groups is 2. The van der Waals surface area contributed by atoms with Gasteiger partial charge in [-0.05, 0) is 6.42 Å². The van der Waals surface area contributed by atoms with Crippen molar-refractivity contribution in [2.24, 2.45) is 0 Å². The number of hydrogen-bond acceptors (Lipinski definition) is 5. The smallest absolute Gasteiger partial charge is 0.213 e. The lowest BCUT2D eigenvalue weighted by Gasteiger charge is -2.11. The van der Waals surface area contributed by atoms with Crippen molar-refractivity contribution in [2.75, 3.05) is 5.75 Å². The Kier molecular flexibility index (Phi) is 5.91. The lowest BCUT2D eigenvalue weighted by molar-refractivity contribution is 0.0979. The molecule has 0 amide bonds. The zero-order valence-corrected chi connectivity index (χ0v) is 15.9. The SMILES string of the molecule is CCCCCCCCS(=O)c1nc2c(s1)C(=O)c1ccccc1C2=O. The maximum absolute atomic E-state index is 12.6. The number of aromatic nitrogens is 1. The number of rotatable bonds is 8. The molecule has 1 aliphatic carbocycles. The molecule has 132 valence electrons. The molecule has 1 unspecified atom stereocenters. The fourth-order valence-electron chi connectivity index (χ4n) is 2.94. The lowest BCUT2D eigenvalue weighted by Crippen LogP contribution is -2.19. The molecule has 1 atom stereocenters. The number of ketones is 2. The van der Waals surface area contributed by atoms with E-state index in [2.05, 4.69) is 11.9 Å². The van der Waals surface area contributed by atoms with Crippen molar-refractivity contribution in [3.63, 3.8) is 0 Å². The van der Waals surface area contributed by atoms with Crippen LogP contribution >= 0.6 is 11.3 Å². The maximum Gasteiger partial charge on any atom is 0.213 e. The average Bonchev–Trinajstić information content (AvgIpc) is 3.08. The summed E-state index contributed by atoms with van der Waals surface area (Å²) in [5.41, 5.74) is 0.968. The van der Waals surface area contributed by atoms with Crippen LogP contribution in [-0.4, -0.2) is 26.5 Å². The molecule has 1 aromatic heterocycles. The van der Waals surface area contributed by atoms with Crippen molar-refractivity contribution in [2.45, 2.75) is 49.8 Å². The van der Waals surface area contributed by atoms with Crippen molar-refractivity contribution in [1.82, 2.24) is 4.98 Å². The van der Waals surface area contributed by atoms with Gasteiger partial charge in [-0.1, -0.05) is 63.3 Å². The molecule has 1 aliphatic rings. The summed E-state index contributed by atoms with van der Waals surface area (Å²) in [5.74, 6) is 0.100. The van der Waals surface area contributed by atoms with E-state index < -0.39 is 10.8 Å². The molecule has 6 heteroatoms. The van der Waals surface area contributed by atoms with Crippen molar-refractivity contribution in [1.29, 1.82) is 0 Å².